The van der Waals surface area contributed by atoms with Crippen molar-refractivity contribution < 1.29 is 0 Å². The molecule has 0 radical (unpaired) electrons. The Balaban J connectivity index is -0.000000355. The highest BCUT2D eigenvalue weighted by Crippen LogP contribution is 2.33. The van der Waals surface area contributed by atoms with Crippen LogP contribution in [0.5, 0.6) is 0 Å². The van der Waals surface area contributed by atoms with Crippen LogP contribution in [-0.2, 0) is 0 Å². The van der Waals surface area contributed by atoms with Gasteiger partial charge in [-0.05, 0) is 38.0 Å². The molecular formula is C17H36. The third-order valence-corrected chi connectivity index (χ3v) is 3.18. The van der Waals surface area contributed by atoms with E-state index in [1.54, 1.807) is 0 Å². The van der Waals surface area contributed by atoms with E-state index in [2.05, 4.69) is 33.6 Å². The van der Waals surface area contributed by atoms with Crippen LogP contribution in [0.15, 0.2) is 25.3 Å². The molecule has 0 aliphatic heterocycles. The SMILES string of the molecule is C.C=C.C=C(C)CC1CCC(CC)CC1.CC. The topological polar surface area (TPSA) is 0 Å². The second-order valence-corrected chi connectivity index (χ2v) is 4.46. The van der Waals surface area contributed by atoms with Crippen LogP contribution in [0.25, 0.3) is 0 Å². The Kier molecular flexibility index (Phi) is 19.8. The van der Waals surface area contributed by atoms with Crippen molar-refractivity contribution in [1.29, 1.82) is 0 Å². The normalized spacial score (nSPS) is 21.9. The van der Waals surface area contributed by atoms with Gasteiger partial charge in [0, 0.05) is 0 Å². The molecule has 0 N–H and O–H groups in total. The molecule has 17 heavy (non-hydrogen) atoms. The Hall–Kier alpha value is -0.520. The lowest BCUT2D eigenvalue weighted by Gasteiger charge is -2.27. The monoisotopic (exact) mass is 240 g/mol. The highest BCUT2D eigenvalue weighted by molar-refractivity contribution is 4.91. The Labute approximate surface area is 111 Å². The predicted molar refractivity (Wildman–Crippen MR) is 84.5 cm³/mol. The highest BCUT2D eigenvalue weighted by atomic mass is 14.2. The number of rotatable bonds is 3. The van der Waals surface area contributed by atoms with E-state index in [1.165, 1.54) is 44.1 Å². The summed E-state index contributed by atoms with van der Waals surface area (Å²) < 4.78 is 0. The second-order valence-electron chi connectivity index (χ2n) is 4.46. The summed E-state index contributed by atoms with van der Waals surface area (Å²) in [6, 6.07) is 0. The maximum atomic E-state index is 3.99. The van der Waals surface area contributed by atoms with Crippen molar-refractivity contribution in [3.63, 3.8) is 0 Å². The molecule has 0 heterocycles. The quantitative estimate of drug-likeness (QED) is 0.485. The molecule has 0 nitrogen and oxygen atoms in total. The molecule has 0 spiro atoms. The lowest BCUT2D eigenvalue weighted by atomic mass is 9.78. The van der Waals surface area contributed by atoms with E-state index in [1.807, 2.05) is 13.8 Å². The Bertz CT molecular complexity index is 149. The van der Waals surface area contributed by atoms with Crippen molar-refractivity contribution in [3.05, 3.63) is 25.3 Å². The van der Waals surface area contributed by atoms with Gasteiger partial charge in [-0.15, -0.1) is 19.7 Å². The van der Waals surface area contributed by atoms with Crippen LogP contribution in [0.4, 0.5) is 0 Å². The van der Waals surface area contributed by atoms with Crippen LogP contribution in [-0.4, -0.2) is 0 Å². The van der Waals surface area contributed by atoms with E-state index in [-0.39, 0.29) is 7.43 Å². The maximum absolute atomic E-state index is 3.99. The second kappa shape index (κ2) is 15.5. The first kappa shape index (κ1) is 21.7. The molecule has 0 amide bonds. The molecular weight excluding hydrogens is 204 g/mol. The van der Waals surface area contributed by atoms with Crippen LogP contribution < -0.4 is 0 Å². The number of hydrogen-bond acceptors (Lipinski definition) is 0. The van der Waals surface area contributed by atoms with Crippen molar-refractivity contribution in [1.82, 2.24) is 0 Å². The first-order chi connectivity index (χ1) is 7.72. The van der Waals surface area contributed by atoms with E-state index >= 15 is 0 Å². The largest absolute Gasteiger partial charge is 0.106 e. The minimum absolute atomic E-state index is 0. The fraction of sp³-hybridized carbons (Fsp3) is 0.765. The summed E-state index contributed by atoms with van der Waals surface area (Å²) in [5.41, 5.74) is 1.37. The van der Waals surface area contributed by atoms with Gasteiger partial charge in [0.05, 0.1) is 0 Å². The Morgan fingerprint density at radius 3 is 1.65 bits per heavy atom. The molecule has 104 valence electrons. The van der Waals surface area contributed by atoms with Gasteiger partial charge < -0.3 is 0 Å². The summed E-state index contributed by atoms with van der Waals surface area (Å²) in [5, 5.41) is 0. The first-order valence-corrected chi connectivity index (χ1v) is 6.86. The van der Waals surface area contributed by atoms with Crippen molar-refractivity contribution in [2.45, 2.75) is 73.6 Å². The number of hydrogen-bond donors (Lipinski definition) is 0. The fourth-order valence-electron chi connectivity index (χ4n) is 2.34. The molecule has 0 aromatic heterocycles. The molecule has 0 saturated heterocycles. The molecule has 0 heteroatoms. The van der Waals surface area contributed by atoms with E-state index in [0.717, 1.165) is 11.8 Å². The molecule has 1 aliphatic rings. The third-order valence-electron chi connectivity index (χ3n) is 3.18. The standard InChI is InChI=1S/C12H22.C2H6.C2H4.CH4/c1-4-11-5-7-12(8-6-11)9-10(2)3;2*1-2;/h11-12H,2,4-9H2,1,3H3;1-2H3;1-2H2;1H4. The molecule has 1 rings (SSSR count). The predicted octanol–water partition coefficient (Wildman–Crippen LogP) is 6.63. The molecule has 0 atom stereocenters. The summed E-state index contributed by atoms with van der Waals surface area (Å²) in [6.07, 6.45) is 8.50. The van der Waals surface area contributed by atoms with Gasteiger partial charge in [-0.3, -0.25) is 0 Å². The van der Waals surface area contributed by atoms with Gasteiger partial charge in [-0.1, -0.05) is 53.0 Å². The molecule has 1 fully saturated rings. The van der Waals surface area contributed by atoms with Crippen molar-refractivity contribution in [3.8, 4) is 0 Å². The molecule has 0 bridgehead atoms. The summed E-state index contributed by atoms with van der Waals surface area (Å²) in [4.78, 5) is 0. The Morgan fingerprint density at radius 2 is 1.35 bits per heavy atom. The zero-order valence-electron chi connectivity index (χ0n) is 12.0. The van der Waals surface area contributed by atoms with Crippen LogP contribution in [0.1, 0.15) is 73.6 Å². The zero-order valence-corrected chi connectivity index (χ0v) is 12.0. The summed E-state index contributed by atoms with van der Waals surface area (Å²) >= 11 is 0. The molecule has 0 aromatic carbocycles. The Morgan fingerprint density at radius 1 is 1.00 bits per heavy atom. The van der Waals surface area contributed by atoms with Gasteiger partial charge in [-0.25, -0.2) is 0 Å². The smallest absolute Gasteiger partial charge is 0.0297 e. The highest BCUT2D eigenvalue weighted by Gasteiger charge is 2.19. The van der Waals surface area contributed by atoms with E-state index < -0.39 is 0 Å². The van der Waals surface area contributed by atoms with Gasteiger partial charge in [0.25, 0.3) is 0 Å². The third kappa shape index (κ3) is 11.7. The van der Waals surface area contributed by atoms with Crippen LogP contribution in [0, 0.1) is 11.8 Å². The van der Waals surface area contributed by atoms with Crippen LogP contribution >= 0.6 is 0 Å². The summed E-state index contributed by atoms with van der Waals surface area (Å²) in [6.45, 7) is 18.5. The molecule has 1 aliphatic carbocycles. The first-order valence-electron chi connectivity index (χ1n) is 6.86. The van der Waals surface area contributed by atoms with Gasteiger partial charge in [0.15, 0.2) is 0 Å². The number of allylic oxidation sites excluding steroid dienone is 1. The van der Waals surface area contributed by atoms with Crippen LogP contribution in [0.2, 0.25) is 0 Å². The molecule has 0 unspecified atom stereocenters. The van der Waals surface area contributed by atoms with Gasteiger partial charge in [0.1, 0.15) is 0 Å². The van der Waals surface area contributed by atoms with E-state index in [9.17, 15) is 0 Å². The summed E-state index contributed by atoms with van der Waals surface area (Å²) in [5.74, 6) is 2.00. The van der Waals surface area contributed by atoms with Crippen molar-refractivity contribution >= 4 is 0 Å². The minimum atomic E-state index is 0. The van der Waals surface area contributed by atoms with E-state index in [4.69, 9.17) is 0 Å². The molecule has 1 saturated carbocycles. The lowest BCUT2D eigenvalue weighted by molar-refractivity contribution is 0.268. The lowest BCUT2D eigenvalue weighted by Crippen LogP contribution is -2.13. The fourth-order valence-corrected chi connectivity index (χ4v) is 2.34. The average molecular weight is 240 g/mol. The van der Waals surface area contributed by atoms with E-state index in [0.29, 0.717) is 0 Å². The van der Waals surface area contributed by atoms with Gasteiger partial charge in [0.2, 0.25) is 0 Å². The average Bonchev–Trinajstić information content (AvgIpc) is 2.34. The summed E-state index contributed by atoms with van der Waals surface area (Å²) in [7, 11) is 0. The zero-order chi connectivity index (χ0) is 13.0. The minimum Gasteiger partial charge on any atom is -0.106 e. The van der Waals surface area contributed by atoms with Gasteiger partial charge >= 0.3 is 0 Å². The molecule has 0 aromatic rings. The van der Waals surface area contributed by atoms with Crippen molar-refractivity contribution in [2.75, 3.05) is 0 Å². The maximum Gasteiger partial charge on any atom is -0.0297 e. The van der Waals surface area contributed by atoms with Crippen molar-refractivity contribution in [2.24, 2.45) is 11.8 Å². The van der Waals surface area contributed by atoms with Gasteiger partial charge in [-0.2, -0.15) is 0 Å². The van der Waals surface area contributed by atoms with Crippen LogP contribution in [0.3, 0.4) is 0 Å².